The van der Waals surface area contributed by atoms with Crippen LogP contribution in [0.1, 0.15) is 16.1 Å². The number of halogens is 2. The Balaban J connectivity index is 1.40. The lowest BCUT2D eigenvalue weighted by Crippen LogP contribution is -2.32. The Morgan fingerprint density at radius 2 is 2.00 bits per heavy atom. The third-order valence-corrected chi connectivity index (χ3v) is 6.36. The maximum atomic E-state index is 13.7. The van der Waals surface area contributed by atoms with Crippen LogP contribution in [0.3, 0.4) is 0 Å². The number of anilines is 1. The lowest BCUT2D eigenvalue weighted by atomic mass is 10.2. The Labute approximate surface area is 175 Å². The predicted octanol–water partition coefficient (Wildman–Crippen LogP) is 3.97. The van der Waals surface area contributed by atoms with Gasteiger partial charge in [-0.3, -0.25) is 4.79 Å². The van der Waals surface area contributed by atoms with Gasteiger partial charge in [-0.25, -0.2) is 18.7 Å². The van der Waals surface area contributed by atoms with Crippen molar-refractivity contribution in [2.45, 2.75) is 6.54 Å². The molecule has 0 bridgehead atoms. The molecule has 1 fully saturated rings. The monoisotopic (exact) mass is 432 g/mol. The van der Waals surface area contributed by atoms with Crippen molar-refractivity contribution < 1.29 is 13.6 Å². The molecule has 1 amide bonds. The fourth-order valence-electron chi connectivity index (χ4n) is 2.93. The molecule has 5 nitrogen and oxygen atoms in total. The fourth-order valence-corrected chi connectivity index (χ4v) is 4.63. The van der Waals surface area contributed by atoms with Gasteiger partial charge in [-0.05, 0) is 18.2 Å². The number of nitrogens with zero attached hydrogens (tertiary/aromatic N) is 3. The second kappa shape index (κ2) is 8.87. The van der Waals surface area contributed by atoms with Crippen LogP contribution in [0.15, 0.2) is 41.9 Å². The number of benzene rings is 1. The molecule has 29 heavy (non-hydrogen) atoms. The van der Waals surface area contributed by atoms with Gasteiger partial charge >= 0.3 is 0 Å². The smallest absolute Gasteiger partial charge is 0.271 e. The molecule has 0 spiro atoms. The molecule has 0 aliphatic carbocycles. The first-order chi connectivity index (χ1) is 14.1. The molecule has 9 heteroatoms. The molecule has 1 aromatic carbocycles. The first-order valence-electron chi connectivity index (χ1n) is 9.07. The van der Waals surface area contributed by atoms with Crippen LogP contribution < -0.4 is 10.2 Å². The van der Waals surface area contributed by atoms with Crippen LogP contribution in [0.4, 0.5) is 14.6 Å². The summed E-state index contributed by atoms with van der Waals surface area (Å²) in [4.78, 5) is 23.5. The minimum Gasteiger partial charge on any atom is -0.355 e. The minimum atomic E-state index is -0.692. The van der Waals surface area contributed by atoms with Crippen LogP contribution in [0.2, 0.25) is 0 Å². The van der Waals surface area contributed by atoms with Gasteiger partial charge in [0.05, 0.1) is 0 Å². The lowest BCUT2D eigenvalue weighted by molar-refractivity contribution is 0.0946. The number of hydrogen-bond acceptors (Lipinski definition) is 6. The molecule has 0 saturated carbocycles. The first kappa shape index (κ1) is 19.8. The zero-order chi connectivity index (χ0) is 20.2. The van der Waals surface area contributed by atoms with E-state index in [0.29, 0.717) is 5.01 Å². The van der Waals surface area contributed by atoms with Gasteiger partial charge in [-0.1, -0.05) is 6.07 Å². The van der Waals surface area contributed by atoms with E-state index in [2.05, 4.69) is 20.2 Å². The zero-order valence-electron chi connectivity index (χ0n) is 15.4. The van der Waals surface area contributed by atoms with Gasteiger partial charge in [0.2, 0.25) is 0 Å². The average Bonchev–Trinajstić information content (AvgIpc) is 3.24. The van der Waals surface area contributed by atoms with E-state index in [4.69, 9.17) is 0 Å². The van der Waals surface area contributed by atoms with Gasteiger partial charge in [-0.2, -0.15) is 11.8 Å². The highest BCUT2D eigenvalue weighted by atomic mass is 32.2. The Kier molecular flexibility index (Phi) is 6.05. The van der Waals surface area contributed by atoms with E-state index in [-0.39, 0.29) is 17.8 Å². The van der Waals surface area contributed by atoms with E-state index < -0.39 is 17.5 Å². The SMILES string of the molecule is O=C(NCc1ccc(F)cc1F)c1csc(-c2ccc(N3CCSCC3)nc2)n1. The Morgan fingerprint density at radius 1 is 1.17 bits per heavy atom. The van der Waals surface area contributed by atoms with Crippen molar-refractivity contribution in [3.8, 4) is 10.6 Å². The van der Waals surface area contributed by atoms with E-state index in [9.17, 15) is 13.6 Å². The summed E-state index contributed by atoms with van der Waals surface area (Å²) in [5.41, 5.74) is 1.31. The molecule has 3 aromatic rings. The summed E-state index contributed by atoms with van der Waals surface area (Å²) in [6.07, 6.45) is 1.77. The summed E-state index contributed by atoms with van der Waals surface area (Å²) >= 11 is 3.30. The molecular formula is C20H18F2N4OS2. The highest BCUT2D eigenvalue weighted by molar-refractivity contribution is 7.99. The summed E-state index contributed by atoms with van der Waals surface area (Å²) in [7, 11) is 0. The van der Waals surface area contributed by atoms with Crippen molar-refractivity contribution in [1.82, 2.24) is 15.3 Å². The maximum Gasteiger partial charge on any atom is 0.271 e. The Hall–Kier alpha value is -2.52. The number of thiazole rings is 1. The highest BCUT2D eigenvalue weighted by Crippen LogP contribution is 2.25. The van der Waals surface area contributed by atoms with Crippen LogP contribution in [0.25, 0.3) is 10.6 Å². The predicted molar refractivity (Wildman–Crippen MR) is 112 cm³/mol. The Morgan fingerprint density at radius 3 is 2.72 bits per heavy atom. The zero-order valence-corrected chi connectivity index (χ0v) is 17.0. The number of carbonyl (C=O) groups is 1. The minimum absolute atomic E-state index is 0.0395. The number of rotatable bonds is 5. The molecule has 1 saturated heterocycles. The number of carbonyl (C=O) groups excluding carboxylic acids is 1. The number of nitrogens with one attached hydrogen (secondary N) is 1. The van der Waals surface area contributed by atoms with E-state index in [1.807, 2.05) is 23.9 Å². The Bertz CT molecular complexity index is 1000. The fraction of sp³-hybridized carbons (Fsp3) is 0.250. The summed E-state index contributed by atoms with van der Waals surface area (Å²) in [6, 6.07) is 7.20. The molecule has 150 valence electrons. The van der Waals surface area contributed by atoms with Gasteiger partial charge in [0, 0.05) is 59.9 Å². The summed E-state index contributed by atoms with van der Waals surface area (Å²) < 4.78 is 26.6. The van der Waals surface area contributed by atoms with Gasteiger partial charge in [0.25, 0.3) is 5.91 Å². The van der Waals surface area contributed by atoms with Crippen LogP contribution >= 0.6 is 23.1 Å². The van der Waals surface area contributed by atoms with Crippen molar-refractivity contribution in [2.75, 3.05) is 29.5 Å². The second-order valence-corrected chi connectivity index (χ2v) is 8.54. The summed E-state index contributed by atoms with van der Waals surface area (Å²) in [5, 5.41) is 4.96. The molecule has 0 radical (unpaired) electrons. The van der Waals surface area contributed by atoms with Crippen LogP contribution in [-0.2, 0) is 6.54 Å². The quantitative estimate of drug-likeness (QED) is 0.661. The number of aromatic nitrogens is 2. The maximum absolute atomic E-state index is 13.7. The molecule has 3 heterocycles. The van der Waals surface area contributed by atoms with Crippen molar-refractivity contribution in [1.29, 1.82) is 0 Å². The topological polar surface area (TPSA) is 58.1 Å². The van der Waals surface area contributed by atoms with E-state index in [0.717, 1.165) is 48.1 Å². The van der Waals surface area contributed by atoms with Gasteiger partial charge < -0.3 is 10.2 Å². The third kappa shape index (κ3) is 4.73. The van der Waals surface area contributed by atoms with Gasteiger partial charge in [0.1, 0.15) is 28.2 Å². The van der Waals surface area contributed by atoms with Crippen LogP contribution in [-0.4, -0.2) is 40.5 Å². The highest BCUT2D eigenvalue weighted by Gasteiger charge is 2.15. The van der Waals surface area contributed by atoms with Crippen LogP contribution in [0.5, 0.6) is 0 Å². The van der Waals surface area contributed by atoms with E-state index >= 15 is 0 Å². The van der Waals surface area contributed by atoms with Gasteiger partial charge in [-0.15, -0.1) is 11.3 Å². The van der Waals surface area contributed by atoms with Crippen molar-refractivity contribution in [2.24, 2.45) is 0 Å². The lowest BCUT2D eigenvalue weighted by Gasteiger charge is -2.27. The number of hydrogen-bond donors (Lipinski definition) is 1. The molecular weight excluding hydrogens is 414 g/mol. The van der Waals surface area contributed by atoms with Crippen molar-refractivity contribution >= 4 is 34.8 Å². The standard InChI is InChI=1S/C20H18F2N4OS2/c21-15-3-1-13(16(22)9-15)10-24-19(27)17-12-29-20(25-17)14-2-4-18(23-11-14)26-5-7-28-8-6-26/h1-4,9,11-12H,5-8,10H2,(H,24,27). The molecule has 0 atom stereocenters. The number of amides is 1. The van der Waals surface area contributed by atoms with Crippen molar-refractivity contribution in [3.05, 3.63) is 64.8 Å². The second-order valence-electron chi connectivity index (χ2n) is 6.46. The molecule has 1 N–H and O–H groups in total. The third-order valence-electron chi connectivity index (χ3n) is 4.52. The first-order valence-corrected chi connectivity index (χ1v) is 11.1. The normalized spacial score (nSPS) is 14.1. The van der Waals surface area contributed by atoms with E-state index in [1.54, 1.807) is 11.6 Å². The molecule has 0 unspecified atom stereocenters. The molecule has 1 aliphatic heterocycles. The van der Waals surface area contributed by atoms with Gasteiger partial charge in [0.15, 0.2) is 0 Å². The average molecular weight is 433 g/mol. The van der Waals surface area contributed by atoms with Crippen molar-refractivity contribution in [3.63, 3.8) is 0 Å². The molecule has 2 aromatic heterocycles. The summed E-state index contributed by atoms with van der Waals surface area (Å²) in [5.74, 6) is 1.41. The number of thioether (sulfide) groups is 1. The molecule has 4 rings (SSSR count). The van der Waals surface area contributed by atoms with E-state index in [1.165, 1.54) is 17.4 Å². The molecule has 1 aliphatic rings. The summed E-state index contributed by atoms with van der Waals surface area (Å²) in [6.45, 7) is 1.95. The largest absolute Gasteiger partial charge is 0.355 e. The van der Waals surface area contributed by atoms with Crippen LogP contribution in [0, 0.1) is 11.6 Å². The number of pyridine rings is 1.